The maximum absolute atomic E-state index is 12.1. The zero-order valence-electron chi connectivity index (χ0n) is 27.7. The molecule has 0 bridgehead atoms. The van der Waals surface area contributed by atoms with E-state index in [0.29, 0.717) is 48.5 Å². The number of aromatic amines is 1. The van der Waals surface area contributed by atoms with Crippen molar-refractivity contribution in [3.63, 3.8) is 0 Å². The fraction of sp³-hybridized carbons (Fsp3) is 0.514. The largest absolute Gasteiger partial charge is 0.469 e. The molecule has 0 fully saturated rings. The summed E-state index contributed by atoms with van der Waals surface area (Å²) in [6.07, 6.45) is 4.12. The third-order valence-corrected chi connectivity index (χ3v) is 8.32. The Hall–Kier alpha value is -4.57. The van der Waals surface area contributed by atoms with Crippen molar-refractivity contribution in [2.45, 2.75) is 80.1 Å². The number of hydrogen-bond donors (Lipinski definition) is 3. The Morgan fingerprint density at radius 3 is 1.87 bits per heavy atom. The van der Waals surface area contributed by atoms with Crippen LogP contribution in [0.15, 0.2) is 21.8 Å². The fourth-order valence-electron chi connectivity index (χ4n) is 5.36. The molecular formula is C35H46N4O6. The normalized spacial score (nSPS) is 16.0. The number of rotatable bonds is 13. The van der Waals surface area contributed by atoms with Gasteiger partial charge in [0.25, 0.3) is 0 Å². The number of allylic oxidation sites excluding steroid dienone is 2. The van der Waals surface area contributed by atoms with Gasteiger partial charge in [-0.05, 0) is 79.7 Å². The molecule has 0 aromatic carbocycles. The minimum Gasteiger partial charge on any atom is -0.469 e. The van der Waals surface area contributed by atoms with E-state index in [2.05, 4.69) is 28.7 Å². The van der Waals surface area contributed by atoms with Gasteiger partial charge >= 0.3 is 11.9 Å². The van der Waals surface area contributed by atoms with E-state index in [1.165, 1.54) is 14.2 Å². The summed E-state index contributed by atoms with van der Waals surface area (Å²) in [5.41, 5.74) is 17.0. The monoisotopic (exact) mass is 618 g/mol. The predicted molar refractivity (Wildman–Crippen MR) is 174 cm³/mol. The summed E-state index contributed by atoms with van der Waals surface area (Å²) in [4.78, 5) is 56.1. The number of carbonyl (C=O) groups excluding carboxylic acids is 4. The SMILES string of the molecule is CC[C@@H](C(N)=O)[C@@H](C)C#CC1=N/C(=C\c2[nH]c(C#C[C@H](C)[C@@H](CC)C(N)=O)c(C)c2CCC(=O)OC)C(CCC(=O)OC)=C1C. The van der Waals surface area contributed by atoms with Gasteiger partial charge in [-0.15, -0.1) is 0 Å². The Balaban J connectivity index is 2.67. The van der Waals surface area contributed by atoms with Gasteiger partial charge in [0.1, 0.15) is 5.71 Å². The maximum Gasteiger partial charge on any atom is 0.305 e. The van der Waals surface area contributed by atoms with Crippen molar-refractivity contribution in [3.05, 3.63) is 39.4 Å². The van der Waals surface area contributed by atoms with Gasteiger partial charge < -0.3 is 25.9 Å². The summed E-state index contributed by atoms with van der Waals surface area (Å²) < 4.78 is 9.74. The highest BCUT2D eigenvalue weighted by molar-refractivity contribution is 6.16. The smallest absolute Gasteiger partial charge is 0.305 e. The van der Waals surface area contributed by atoms with Crippen LogP contribution in [0.1, 0.15) is 89.2 Å². The van der Waals surface area contributed by atoms with E-state index < -0.39 is 5.91 Å². The minimum atomic E-state index is -0.394. The number of carbonyl (C=O) groups is 4. The Morgan fingerprint density at radius 2 is 1.38 bits per heavy atom. The summed E-state index contributed by atoms with van der Waals surface area (Å²) in [7, 11) is 2.69. The molecule has 4 atom stereocenters. The number of aliphatic imine (C=N–C) groups is 1. The average Bonchev–Trinajstić information content (AvgIpc) is 3.46. The van der Waals surface area contributed by atoms with Gasteiger partial charge in [0.15, 0.2) is 0 Å². The third-order valence-electron chi connectivity index (χ3n) is 8.32. The maximum atomic E-state index is 12.1. The predicted octanol–water partition coefficient (Wildman–Crippen LogP) is 4.14. The van der Waals surface area contributed by atoms with Crippen LogP contribution in [-0.2, 0) is 35.1 Å². The van der Waals surface area contributed by atoms with Crippen LogP contribution in [0.25, 0.3) is 6.08 Å². The number of H-pyrrole nitrogens is 1. The summed E-state index contributed by atoms with van der Waals surface area (Å²) in [6.45, 7) is 11.3. The Kier molecular flexibility index (Phi) is 13.9. The number of nitrogens with zero attached hydrogens (tertiary/aromatic N) is 1. The van der Waals surface area contributed by atoms with Crippen molar-refractivity contribution in [1.82, 2.24) is 4.98 Å². The number of amides is 2. The lowest BCUT2D eigenvalue weighted by molar-refractivity contribution is -0.141. The van der Waals surface area contributed by atoms with Crippen molar-refractivity contribution in [2.75, 3.05) is 14.2 Å². The van der Waals surface area contributed by atoms with E-state index >= 15 is 0 Å². The highest BCUT2D eigenvalue weighted by Crippen LogP contribution is 2.33. The second kappa shape index (κ2) is 17.1. The lowest BCUT2D eigenvalue weighted by Gasteiger charge is -2.13. The van der Waals surface area contributed by atoms with Crippen LogP contribution >= 0.6 is 0 Å². The Bertz CT molecular complexity index is 1520. The van der Waals surface area contributed by atoms with Gasteiger partial charge in [-0.3, -0.25) is 19.2 Å². The third kappa shape index (κ3) is 9.71. The van der Waals surface area contributed by atoms with Crippen molar-refractivity contribution < 1.29 is 28.7 Å². The van der Waals surface area contributed by atoms with E-state index in [-0.39, 0.29) is 54.4 Å². The molecule has 10 heteroatoms. The van der Waals surface area contributed by atoms with Crippen molar-refractivity contribution in [3.8, 4) is 23.7 Å². The van der Waals surface area contributed by atoms with Gasteiger partial charge in [0.2, 0.25) is 11.8 Å². The summed E-state index contributed by atoms with van der Waals surface area (Å²) in [5.74, 6) is 9.85. The van der Waals surface area contributed by atoms with E-state index in [0.717, 1.165) is 22.3 Å². The highest BCUT2D eigenvalue weighted by Gasteiger charge is 2.24. The number of esters is 2. The van der Waals surface area contributed by atoms with Crippen molar-refractivity contribution in [2.24, 2.45) is 40.1 Å². The molecule has 1 aromatic rings. The minimum absolute atomic E-state index is 0.152. The number of methoxy groups -OCH3 is 2. The molecule has 0 radical (unpaired) electrons. The molecule has 0 spiro atoms. The molecule has 45 heavy (non-hydrogen) atoms. The first-order valence-corrected chi connectivity index (χ1v) is 15.3. The molecule has 0 unspecified atom stereocenters. The molecule has 242 valence electrons. The van der Waals surface area contributed by atoms with Gasteiger partial charge in [-0.2, -0.15) is 0 Å². The molecule has 10 nitrogen and oxygen atoms in total. The summed E-state index contributed by atoms with van der Waals surface area (Å²) >= 11 is 0. The highest BCUT2D eigenvalue weighted by atomic mass is 16.5. The summed E-state index contributed by atoms with van der Waals surface area (Å²) in [5, 5.41) is 0. The Labute approximate surface area is 266 Å². The topological polar surface area (TPSA) is 167 Å². The number of aromatic nitrogens is 1. The molecule has 0 saturated heterocycles. The van der Waals surface area contributed by atoms with Gasteiger partial charge in [-0.25, -0.2) is 4.99 Å². The molecule has 2 rings (SSSR count). The van der Waals surface area contributed by atoms with E-state index in [9.17, 15) is 19.2 Å². The number of hydrogen-bond acceptors (Lipinski definition) is 7. The molecular weight excluding hydrogens is 572 g/mol. The van der Waals surface area contributed by atoms with E-state index in [1.807, 2.05) is 47.6 Å². The van der Waals surface area contributed by atoms with Gasteiger partial charge in [0.05, 0.1) is 37.4 Å². The van der Waals surface area contributed by atoms with Gasteiger partial charge in [0, 0.05) is 30.4 Å². The lowest BCUT2D eigenvalue weighted by Crippen LogP contribution is -2.27. The van der Waals surface area contributed by atoms with E-state index in [1.54, 1.807) is 0 Å². The molecule has 1 aliphatic heterocycles. The fourth-order valence-corrected chi connectivity index (χ4v) is 5.36. The first-order chi connectivity index (χ1) is 21.3. The van der Waals surface area contributed by atoms with Crippen LogP contribution in [0.2, 0.25) is 0 Å². The van der Waals surface area contributed by atoms with Crippen LogP contribution in [0, 0.1) is 54.3 Å². The molecule has 1 aromatic heterocycles. The first-order valence-electron chi connectivity index (χ1n) is 15.3. The van der Waals surface area contributed by atoms with E-state index in [4.69, 9.17) is 25.9 Å². The Morgan fingerprint density at radius 1 is 0.867 bits per heavy atom. The van der Waals surface area contributed by atoms with Crippen LogP contribution in [0.5, 0.6) is 0 Å². The standard InChI is InChI=1S/C35H46N4O6/c1-9-24(34(36)42)20(3)11-15-28-22(5)26(13-17-32(40)44-7)30(38-28)19-31-27(14-18-33(41)45-8)23(6)29(39-31)16-12-21(4)25(10-2)35(37)43/h19-21,24-25,38H,9-10,13-14,17-18H2,1-8H3,(H2,36,42)(H2,37,43)/b31-19-/t20-,21-,24+,25+/m0/s1. The quantitative estimate of drug-likeness (QED) is 0.222. The zero-order valence-corrected chi connectivity index (χ0v) is 27.7. The molecule has 5 N–H and O–H groups in total. The zero-order chi connectivity index (χ0) is 33.8. The molecule has 0 aliphatic carbocycles. The van der Waals surface area contributed by atoms with Crippen molar-refractivity contribution >= 4 is 35.5 Å². The van der Waals surface area contributed by atoms with Crippen LogP contribution < -0.4 is 11.5 Å². The number of nitrogens with one attached hydrogen (secondary N) is 1. The molecule has 0 saturated carbocycles. The lowest BCUT2D eigenvalue weighted by atomic mass is 9.91. The molecule has 2 heterocycles. The van der Waals surface area contributed by atoms with Crippen molar-refractivity contribution in [1.29, 1.82) is 0 Å². The molecule has 1 aliphatic rings. The van der Waals surface area contributed by atoms with Crippen LogP contribution in [-0.4, -0.2) is 48.7 Å². The van der Waals surface area contributed by atoms with Crippen LogP contribution in [0.3, 0.4) is 0 Å². The second-order valence-corrected chi connectivity index (χ2v) is 11.2. The number of primary amides is 2. The first kappa shape index (κ1) is 36.6. The molecule has 2 amide bonds. The summed E-state index contributed by atoms with van der Waals surface area (Å²) in [6, 6.07) is 0. The number of nitrogens with two attached hydrogens (primary N) is 2. The van der Waals surface area contributed by atoms with Crippen LogP contribution in [0.4, 0.5) is 0 Å². The number of ether oxygens (including phenoxy) is 2. The second-order valence-electron chi connectivity index (χ2n) is 11.2. The average molecular weight is 619 g/mol. The van der Waals surface area contributed by atoms with Gasteiger partial charge in [-0.1, -0.05) is 39.5 Å².